The highest BCUT2D eigenvalue weighted by atomic mass is 16.5. The molecule has 1 rings (SSSR count). The van der Waals surface area contributed by atoms with Crippen LogP contribution in [0.25, 0.3) is 0 Å². The van der Waals surface area contributed by atoms with Crippen molar-refractivity contribution in [3.05, 3.63) is 60.1 Å². The summed E-state index contributed by atoms with van der Waals surface area (Å²) >= 11 is 0. The number of methoxy groups -OCH3 is 1. The SMILES string of the molecule is C=C(/C=C(\C)OC)OCc1ccccc1. The van der Waals surface area contributed by atoms with Gasteiger partial charge in [-0.15, -0.1) is 0 Å². The number of ether oxygens (including phenoxy) is 2. The van der Waals surface area contributed by atoms with Gasteiger partial charge < -0.3 is 9.47 Å². The van der Waals surface area contributed by atoms with E-state index in [2.05, 4.69) is 6.58 Å². The van der Waals surface area contributed by atoms with Crippen LogP contribution in [-0.4, -0.2) is 7.11 Å². The van der Waals surface area contributed by atoms with Crippen LogP contribution in [0.3, 0.4) is 0 Å². The van der Waals surface area contributed by atoms with Gasteiger partial charge in [0.25, 0.3) is 0 Å². The topological polar surface area (TPSA) is 18.5 Å². The molecule has 0 aliphatic heterocycles. The van der Waals surface area contributed by atoms with Crippen molar-refractivity contribution in [2.75, 3.05) is 7.11 Å². The van der Waals surface area contributed by atoms with Crippen molar-refractivity contribution in [1.82, 2.24) is 0 Å². The lowest BCUT2D eigenvalue weighted by Gasteiger charge is -2.06. The molecule has 80 valence electrons. The number of allylic oxidation sites excluding steroid dienone is 2. The number of hydrogen-bond acceptors (Lipinski definition) is 2. The van der Waals surface area contributed by atoms with Crippen LogP contribution in [0.15, 0.2) is 54.5 Å². The Hall–Kier alpha value is -1.70. The molecule has 0 bridgehead atoms. The Kier molecular flexibility index (Phi) is 4.48. The summed E-state index contributed by atoms with van der Waals surface area (Å²) in [7, 11) is 1.62. The first-order valence-corrected chi connectivity index (χ1v) is 4.80. The average molecular weight is 204 g/mol. The van der Waals surface area contributed by atoms with Gasteiger partial charge in [0.1, 0.15) is 12.4 Å². The number of benzene rings is 1. The lowest BCUT2D eigenvalue weighted by atomic mass is 10.2. The monoisotopic (exact) mass is 204 g/mol. The standard InChI is InChI=1S/C13H16O2/c1-11(14-3)9-12(2)15-10-13-7-5-4-6-8-13/h4-9H,2,10H2,1,3H3/b11-9+. The zero-order valence-electron chi connectivity index (χ0n) is 9.19. The van der Waals surface area contributed by atoms with Crippen LogP contribution in [0.4, 0.5) is 0 Å². The van der Waals surface area contributed by atoms with Crippen molar-refractivity contribution in [3.63, 3.8) is 0 Å². The van der Waals surface area contributed by atoms with Gasteiger partial charge >= 0.3 is 0 Å². The Labute approximate surface area is 90.8 Å². The van der Waals surface area contributed by atoms with Crippen molar-refractivity contribution in [2.24, 2.45) is 0 Å². The zero-order valence-corrected chi connectivity index (χ0v) is 9.19. The maximum absolute atomic E-state index is 5.45. The molecule has 1 aromatic carbocycles. The fourth-order valence-corrected chi connectivity index (χ4v) is 1.08. The molecular weight excluding hydrogens is 188 g/mol. The molecule has 0 aromatic heterocycles. The van der Waals surface area contributed by atoms with Crippen LogP contribution in [-0.2, 0) is 16.1 Å². The van der Waals surface area contributed by atoms with E-state index in [4.69, 9.17) is 9.47 Å². The first kappa shape index (κ1) is 11.4. The summed E-state index contributed by atoms with van der Waals surface area (Å²) in [4.78, 5) is 0. The van der Waals surface area contributed by atoms with Gasteiger partial charge in [0.15, 0.2) is 0 Å². The molecule has 1 aromatic rings. The van der Waals surface area contributed by atoms with E-state index in [1.165, 1.54) is 0 Å². The largest absolute Gasteiger partial charge is 0.501 e. The molecular formula is C13H16O2. The quantitative estimate of drug-likeness (QED) is 0.541. The molecule has 0 amide bonds. The van der Waals surface area contributed by atoms with Crippen LogP contribution >= 0.6 is 0 Å². The fraction of sp³-hybridized carbons (Fsp3) is 0.231. The van der Waals surface area contributed by atoms with E-state index >= 15 is 0 Å². The highest BCUT2D eigenvalue weighted by Crippen LogP contribution is 2.07. The molecule has 0 heterocycles. The molecule has 0 aliphatic carbocycles. The highest BCUT2D eigenvalue weighted by Gasteiger charge is 1.94. The lowest BCUT2D eigenvalue weighted by molar-refractivity contribution is 0.208. The summed E-state index contributed by atoms with van der Waals surface area (Å²) in [5.74, 6) is 1.39. The predicted octanol–water partition coefficient (Wildman–Crippen LogP) is 3.27. The van der Waals surface area contributed by atoms with Crippen LogP contribution in [0.1, 0.15) is 12.5 Å². The molecule has 0 saturated heterocycles. The summed E-state index contributed by atoms with van der Waals surface area (Å²) in [5, 5.41) is 0. The van der Waals surface area contributed by atoms with Gasteiger partial charge in [-0.2, -0.15) is 0 Å². The second kappa shape index (κ2) is 5.91. The summed E-state index contributed by atoms with van der Waals surface area (Å²) in [6.45, 7) is 6.17. The molecule has 0 radical (unpaired) electrons. The van der Waals surface area contributed by atoms with Gasteiger partial charge in [-0.25, -0.2) is 0 Å². The van der Waals surface area contributed by atoms with E-state index < -0.39 is 0 Å². The first-order chi connectivity index (χ1) is 7.22. The number of rotatable bonds is 5. The molecule has 2 nitrogen and oxygen atoms in total. The molecule has 0 unspecified atom stereocenters. The summed E-state index contributed by atoms with van der Waals surface area (Å²) in [6, 6.07) is 9.98. The Morgan fingerprint density at radius 2 is 2.00 bits per heavy atom. The van der Waals surface area contributed by atoms with E-state index in [1.54, 1.807) is 13.2 Å². The maximum atomic E-state index is 5.45. The van der Waals surface area contributed by atoms with Crippen LogP contribution in [0, 0.1) is 0 Å². The lowest BCUT2D eigenvalue weighted by Crippen LogP contribution is -1.91. The first-order valence-electron chi connectivity index (χ1n) is 4.80. The zero-order chi connectivity index (χ0) is 11.1. The van der Waals surface area contributed by atoms with E-state index in [0.717, 1.165) is 11.3 Å². The number of hydrogen-bond donors (Lipinski definition) is 0. The normalized spacial score (nSPS) is 10.9. The van der Waals surface area contributed by atoms with Gasteiger partial charge in [0.2, 0.25) is 0 Å². The Bertz CT molecular complexity index is 339. The second-order valence-corrected chi connectivity index (χ2v) is 3.20. The van der Waals surface area contributed by atoms with Crippen molar-refractivity contribution in [1.29, 1.82) is 0 Å². The average Bonchev–Trinajstić information content (AvgIpc) is 2.27. The molecule has 0 fully saturated rings. The molecule has 2 heteroatoms. The predicted molar refractivity (Wildman–Crippen MR) is 61.1 cm³/mol. The molecule has 0 saturated carbocycles. The Balaban J connectivity index is 2.41. The van der Waals surface area contributed by atoms with E-state index in [-0.39, 0.29) is 0 Å². The highest BCUT2D eigenvalue weighted by molar-refractivity contribution is 5.15. The van der Waals surface area contributed by atoms with Gasteiger partial charge in [-0.05, 0) is 12.5 Å². The van der Waals surface area contributed by atoms with Crippen molar-refractivity contribution < 1.29 is 9.47 Å². The summed E-state index contributed by atoms with van der Waals surface area (Å²) in [6.07, 6.45) is 1.77. The van der Waals surface area contributed by atoms with Crippen LogP contribution in [0.2, 0.25) is 0 Å². The third-order valence-electron chi connectivity index (χ3n) is 1.95. The van der Waals surface area contributed by atoms with Gasteiger partial charge in [-0.1, -0.05) is 36.9 Å². The van der Waals surface area contributed by atoms with E-state index in [9.17, 15) is 0 Å². The van der Waals surface area contributed by atoms with Crippen LogP contribution in [0.5, 0.6) is 0 Å². The van der Waals surface area contributed by atoms with Crippen LogP contribution < -0.4 is 0 Å². The molecule has 0 atom stereocenters. The van der Waals surface area contributed by atoms with E-state index in [0.29, 0.717) is 12.4 Å². The van der Waals surface area contributed by atoms with Crippen molar-refractivity contribution >= 4 is 0 Å². The minimum Gasteiger partial charge on any atom is -0.501 e. The van der Waals surface area contributed by atoms with Crippen molar-refractivity contribution in [3.8, 4) is 0 Å². The summed E-state index contributed by atoms with van der Waals surface area (Å²) in [5.41, 5.74) is 1.13. The fourth-order valence-electron chi connectivity index (χ4n) is 1.08. The third-order valence-corrected chi connectivity index (χ3v) is 1.95. The van der Waals surface area contributed by atoms with Gasteiger partial charge in [0, 0.05) is 6.08 Å². The van der Waals surface area contributed by atoms with Gasteiger partial charge in [-0.3, -0.25) is 0 Å². The maximum Gasteiger partial charge on any atom is 0.115 e. The molecule has 0 aliphatic rings. The Morgan fingerprint density at radius 3 is 2.60 bits per heavy atom. The second-order valence-electron chi connectivity index (χ2n) is 3.20. The minimum atomic E-state index is 0.535. The third kappa shape index (κ3) is 4.36. The molecule has 0 spiro atoms. The smallest absolute Gasteiger partial charge is 0.115 e. The van der Waals surface area contributed by atoms with Crippen molar-refractivity contribution in [2.45, 2.75) is 13.5 Å². The van der Waals surface area contributed by atoms with Gasteiger partial charge in [0.05, 0.1) is 12.9 Å². The van der Waals surface area contributed by atoms with E-state index in [1.807, 2.05) is 37.3 Å². The Morgan fingerprint density at radius 1 is 1.33 bits per heavy atom. The minimum absolute atomic E-state index is 0.535. The summed E-state index contributed by atoms with van der Waals surface area (Å²) < 4.78 is 10.4. The molecule has 15 heavy (non-hydrogen) atoms. The molecule has 0 N–H and O–H groups in total.